The minimum atomic E-state index is -0.157. The maximum Gasteiger partial charge on any atom is 0.266 e. The standard InChI is InChI=1S/C23H25N3O3S/c1-16-8-5-6-13-25(16)21(27)15-30-23-24-20-12-4-3-11-19(20)22(28)26(23)17-9-7-10-18(14-17)29-2/h3-4,7,9-12,14,16H,5-6,8,13,15H2,1-2H3. The normalized spacial score (nSPS) is 16.6. The third-order valence-corrected chi connectivity index (χ3v) is 6.43. The monoisotopic (exact) mass is 423 g/mol. The van der Waals surface area contributed by atoms with Gasteiger partial charge in [0.1, 0.15) is 5.75 Å². The van der Waals surface area contributed by atoms with Crippen molar-refractivity contribution in [1.29, 1.82) is 0 Å². The van der Waals surface area contributed by atoms with Gasteiger partial charge in [-0.2, -0.15) is 0 Å². The second-order valence-corrected chi connectivity index (χ2v) is 8.42. The summed E-state index contributed by atoms with van der Waals surface area (Å²) in [5.41, 5.74) is 1.14. The highest BCUT2D eigenvalue weighted by atomic mass is 32.2. The fourth-order valence-corrected chi connectivity index (χ4v) is 4.76. The van der Waals surface area contributed by atoms with Crippen molar-refractivity contribution in [3.63, 3.8) is 0 Å². The largest absolute Gasteiger partial charge is 0.497 e. The van der Waals surface area contributed by atoms with Crippen LogP contribution in [0.2, 0.25) is 0 Å². The minimum Gasteiger partial charge on any atom is -0.497 e. The summed E-state index contributed by atoms with van der Waals surface area (Å²) < 4.78 is 6.90. The van der Waals surface area contributed by atoms with Gasteiger partial charge in [-0.1, -0.05) is 30.0 Å². The van der Waals surface area contributed by atoms with Crippen LogP contribution < -0.4 is 10.3 Å². The molecule has 156 valence electrons. The van der Waals surface area contributed by atoms with Gasteiger partial charge in [0.15, 0.2) is 5.16 Å². The zero-order valence-corrected chi connectivity index (χ0v) is 18.0. The molecule has 1 atom stereocenters. The summed E-state index contributed by atoms with van der Waals surface area (Å²) in [7, 11) is 1.59. The molecule has 0 aliphatic carbocycles. The number of hydrogen-bond acceptors (Lipinski definition) is 5. The number of carbonyl (C=O) groups is 1. The highest BCUT2D eigenvalue weighted by Gasteiger charge is 2.24. The first kappa shape index (κ1) is 20.5. The molecule has 0 N–H and O–H groups in total. The minimum absolute atomic E-state index is 0.0896. The van der Waals surface area contributed by atoms with Gasteiger partial charge in [0.05, 0.1) is 29.5 Å². The van der Waals surface area contributed by atoms with Crippen LogP contribution in [0.3, 0.4) is 0 Å². The zero-order chi connectivity index (χ0) is 21.1. The van der Waals surface area contributed by atoms with E-state index in [1.807, 2.05) is 41.3 Å². The van der Waals surface area contributed by atoms with Crippen molar-refractivity contribution in [2.45, 2.75) is 37.4 Å². The Labute approximate surface area is 179 Å². The lowest BCUT2D eigenvalue weighted by atomic mass is 10.0. The lowest BCUT2D eigenvalue weighted by molar-refractivity contribution is -0.131. The van der Waals surface area contributed by atoms with Crippen molar-refractivity contribution >= 4 is 28.6 Å². The van der Waals surface area contributed by atoms with Crippen LogP contribution in [-0.4, -0.2) is 45.8 Å². The lowest BCUT2D eigenvalue weighted by Crippen LogP contribution is -2.43. The second kappa shape index (κ2) is 8.92. The number of thioether (sulfide) groups is 1. The molecule has 2 heterocycles. The molecule has 0 radical (unpaired) electrons. The molecule has 0 saturated carbocycles. The van der Waals surface area contributed by atoms with E-state index in [2.05, 4.69) is 6.92 Å². The Morgan fingerprint density at radius 3 is 2.83 bits per heavy atom. The number of carbonyl (C=O) groups excluding carboxylic acids is 1. The number of aromatic nitrogens is 2. The Bertz CT molecular complexity index is 1130. The Hall–Kier alpha value is -2.80. The third-order valence-electron chi connectivity index (χ3n) is 5.50. The zero-order valence-electron chi connectivity index (χ0n) is 17.2. The number of nitrogens with zero attached hydrogens (tertiary/aromatic N) is 3. The number of piperidine rings is 1. The van der Waals surface area contributed by atoms with E-state index < -0.39 is 0 Å². The highest BCUT2D eigenvalue weighted by molar-refractivity contribution is 7.99. The van der Waals surface area contributed by atoms with E-state index in [0.29, 0.717) is 27.5 Å². The van der Waals surface area contributed by atoms with Gasteiger partial charge < -0.3 is 9.64 Å². The van der Waals surface area contributed by atoms with Gasteiger partial charge in [-0.15, -0.1) is 0 Å². The summed E-state index contributed by atoms with van der Waals surface area (Å²) in [6.45, 7) is 2.90. The van der Waals surface area contributed by atoms with Gasteiger partial charge in [-0.05, 0) is 50.5 Å². The van der Waals surface area contributed by atoms with Crippen molar-refractivity contribution in [2.75, 3.05) is 19.4 Å². The van der Waals surface area contributed by atoms with Crippen LogP contribution in [0, 0.1) is 0 Å². The van der Waals surface area contributed by atoms with Crippen LogP contribution in [0.15, 0.2) is 58.5 Å². The first-order valence-corrected chi connectivity index (χ1v) is 11.2. The van der Waals surface area contributed by atoms with Crippen LogP contribution in [-0.2, 0) is 4.79 Å². The molecule has 3 aromatic rings. The van der Waals surface area contributed by atoms with Crippen molar-refractivity contribution in [2.24, 2.45) is 0 Å². The van der Waals surface area contributed by atoms with E-state index in [1.54, 1.807) is 23.8 Å². The summed E-state index contributed by atoms with van der Waals surface area (Å²) in [6.07, 6.45) is 3.25. The number of amides is 1. The third kappa shape index (κ3) is 4.07. The Morgan fingerprint density at radius 2 is 2.03 bits per heavy atom. The van der Waals surface area contributed by atoms with Gasteiger partial charge in [-0.25, -0.2) is 4.98 Å². The predicted octanol–water partition coefficient (Wildman–Crippen LogP) is 3.89. The van der Waals surface area contributed by atoms with E-state index in [9.17, 15) is 9.59 Å². The molecular weight excluding hydrogens is 398 g/mol. The highest BCUT2D eigenvalue weighted by Crippen LogP contribution is 2.25. The number of fused-ring (bicyclic) bond motifs is 1. The second-order valence-electron chi connectivity index (χ2n) is 7.47. The van der Waals surface area contributed by atoms with Crippen molar-refractivity contribution in [3.05, 3.63) is 58.9 Å². The molecule has 6 nitrogen and oxygen atoms in total. The topological polar surface area (TPSA) is 64.4 Å². The van der Waals surface area contributed by atoms with E-state index in [0.717, 1.165) is 19.4 Å². The maximum absolute atomic E-state index is 13.3. The molecule has 1 amide bonds. The number of para-hydroxylation sites is 1. The van der Waals surface area contributed by atoms with Crippen LogP contribution in [0.5, 0.6) is 5.75 Å². The molecule has 4 rings (SSSR count). The van der Waals surface area contributed by atoms with E-state index >= 15 is 0 Å². The molecule has 1 aliphatic heterocycles. The number of hydrogen-bond donors (Lipinski definition) is 0. The summed E-state index contributed by atoms with van der Waals surface area (Å²) in [5, 5.41) is 1.05. The fraction of sp³-hybridized carbons (Fsp3) is 0.348. The summed E-state index contributed by atoms with van der Waals surface area (Å²) >= 11 is 1.31. The lowest BCUT2D eigenvalue weighted by Gasteiger charge is -2.33. The van der Waals surface area contributed by atoms with Crippen molar-refractivity contribution < 1.29 is 9.53 Å². The van der Waals surface area contributed by atoms with Crippen molar-refractivity contribution in [1.82, 2.24) is 14.5 Å². The molecule has 7 heteroatoms. The first-order chi connectivity index (χ1) is 14.6. The number of benzene rings is 2. The Kier molecular flexibility index (Phi) is 6.08. The van der Waals surface area contributed by atoms with Gasteiger partial charge >= 0.3 is 0 Å². The predicted molar refractivity (Wildman–Crippen MR) is 120 cm³/mol. The molecule has 2 aromatic carbocycles. The van der Waals surface area contributed by atoms with Crippen LogP contribution in [0.25, 0.3) is 16.6 Å². The molecule has 1 aromatic heterocycles. The summed E-state index contributed by atoms with van der Waals surface area (Å²) in [5.74, 6) is 0.993. The molecule has 1 saturated heterocycles. The molecule has 1 aliphatic rings. The van der Waals surface area contributed by atoms with E-state index in [-0.39, 0.29) is 23.3 Å². The summed E-state index contributed by atoms with van der Waals surface area (Å²) in [4.78, 5) is 32.8. The van der Waals surface area contributed by atoms with Crippen LogP contribution in [0.1, 0.15) is 26.2 Å². The smallest absolute Gasteiger partial charge is 0.266 e. The molecule has 1 fully saturated rings. The van der Waals surface area contributed by atoms with Gasteiger partial charge in [-0.3, -0.25) is 14.2 Å². The maximum atomic E-state index is 13.3. The van der Waals surface area contributed by atoms with E-state index in [1.165, 1.54) is 18.2 Å². The molecule has 0 spiro atoms. The van der Waals surface area contributed by atoms with Gasteiger partial charge in [0.25, 0.3) is 5.56 Å². The Morgan fingerprint density at radius 1 is 1.20 bits per heavy atom. The SMILES string of the molecule is COc1cccc(-n2c(SCC(=O)N3CCCCC3C)nc3ccccc3c2=O)c1. The molecular formula is C23H25N3O3S. The number of methoxy groups -OCH3 is 1. The molecule has 1 unspecified atom stereocenters. The number of ether oxygens (including phenoxy) is 1. The summed E-state index contributed by atoms with van der Waals surface area (Å²) in [6, 6.07) is 14.9. The molecule has 0 bridgehead atoms. The first-order valence-electron chi connectivity index (χ1n) is 10.2. The van der Waals surface area contributed by atoms with Crippen LogP contribution >= 0.6 is 11.8 Å². The average Bonchev–Trinajstić information content (AvgIpc) is 2.78. The average molecular weight is 424 g/mol. The molecule has 30 heavy (non-hydrogen) atoms. The van der Waals surface area contributed by atoms with Gasteiger partial charge in [0, 0.05) is 18.7 Å². The number of rotatable bonds is 5. The van der Waals surface area contributed by atoms with Crippen molar-refractivity contribution in [3.8, 4) is 11.4 Å². The quantitative estimate of drug-likeness (QED) is 0.460. The fourth-order valence-electron chi connectivity index (χ4n) is 3.86. The van der Waals surface area contributed by atoms with Crippen LogP contribution in [0.4, 0.5) is 0 Å². The van der Waals surface area contributed by atoms with E-state index in [4.69, 9.17) is 9.72 Å². The Balaban J connectivity index is 1.72. The van der Waals surface area contributed by atoms with Gasteiger partial charge in [0.2, 0.25) is 5.91 Å². The number of likely N-dealkylation sites (tertiary alicyclic amines) is 1.